The predicted octanol–water partition coefficient (Wildman–Crippen LogP) is 4.27. The molecule has 6 heteroatoms. The zero-order valence-corrected chi connectivity index (χ0v) is 16.0. The van der Waals surface area contributed by atoms with Crippen molar-refractivity contribution >= 4 is 45.1 Å². The van der Waals surface area contributed by atoms with Crippen molar-refractivity contribution in [2.24, 2.45) is 4.99 Å². The molecule has 0 spiro atoms. The summed E-state index contributed by atoms with van der Waals surface area (Å²) in [4.78, 5) is 29.0. The summed E-state index contributed by atoms with van der Waals surface area (Å²) in [5.41, 5.74) is 1.56. The molecule has 0 unspecified atom stereocenters. The van der Waals surface area contributed by atoms with E-state index >= 15 is 0 Å². The first-order valence-corrected chi connectivity index (χ1v) is 9.73. The number of nitrogens with zero attached hydrogens (tertiary/aromatic N) is 1. The lowest BCUT2D eigenvalue weighted by molar-refractivity contribution is -0.121. The second kappa shape index (κ2) is 7.86. The third kappa shape index (κ3) is 3.77. The average Bonchev–Trinajstić information content (AvgIpc) is 3.08. The van der Waals surface area contributed by atoms with Crippen molar-refractivity contribution in [3.05, 3.63) is 72.3 Å². The highest BCUT2D eigenvalue weighted by Crippen LogP contribution is 2.31. The van der Waals surface area contributed by atoms with Crippen LogP contribution in [0.3, 0.4) is 0 Å². The smallest absolute Gasteiger partial charge is 0.260 e. The number of amides is 2. The van der Waals surface area contributed by atoms with Gasteiger partial charge < -0.3 is 10.1 Å². The molecule has 3 aromatic rings. The second-order valence-corrected chi connectivity index (χ2v) is 7.56. The number of carbonyl (C=O) groups is 2. The summed E-state index contributed by atoms with van der Waals surface area (Å²) < 4.78 is 5.22. The van der Waals surface area contributed by atoms with Gasteiger partial charge in [0.25, 0.3) is 5.91 Å². The molecule has 3 aromatic carbocycles. The van der Waals surface area contributed by atoms with Gasteiger partial charge in [0.15, 0.2) is 0 Å². The lowest BCUT2D eigenvalue weighted by Crippen LogP contribution is -2.21. The van der Waals surface area contributed by atoms with Crippen LogP contribution in [0.4, 0.5) is 5.69 Å². The number of benzene rings is 3. The second-order valence-electron chi connectivity index (χ2n) is 6.37. The average molecular weight is 390 g/mol. The molecule has 0 fully saturated rings. The molecule has 1 aliphatic rings. The predicted molar refractivity (Wildman–Crippen MR) is 113 cm³/mol. The van der Waals surface area contributed by atoms with E-state index in [1.807, 2.05) is 66.7 Å². The van der Waals surface area contributed by atoms with Crippen LogP contribution in [0, 0.1) is 0 Å². The van der Waals surface area contributed by atoms with Crippen molar-refractivity contribution in [1.82, 2.24) is 0 Å². The first-order chi connectivity index (χ1) is 13.6. The molecule has 1 aliphatic heterocycles. The van der Waals surface area contributed by atoms with Crippen molar-refractivity contribution < 1.29 is 14.3 Å². The van der Waals surface area contributed by atoms with E-state index in [0.717, 1.165) is 22.0 Å². The van der Waals surface area contributed by atoms with Crippen molar-refractivity contribution in [2.75, 3.05) is 12.4 Å². The molecule has 0 radical (unpaired) electrons. The van der Waals surface area contributed by atoms with E-state index in [2.05, 4.69) is 10.3 Å². The van der Waals surface area contributed by atoms with Gasteiger partial charge in [0.2, 0.25) is 5.91 Å². The van der Waals surface area contributed by atoms with Crippen LogP contribution in [-0.2, 0) is 9.59 Å². The molecule has 5 nitrogen and oxygen atoms in total. The summed E-state index contributed by atoms with van der Waals surface area (Å²) in [7, 11) is 1.59. The Bertz CT molecular complexity index is 1090. The normalized spacial score (nSPS) is 16.1. The van der Waals surface area contributed by atoms with Crippen LogP contribution in [0.15, 0.2) is 71.7 Å². The van der Waals surface area contributed by atoms with Crippen molar-refractivity contribution in [3.8, 4) is 5.75 Å². The van der Waals surface area contributed by atoms with E-state index in [1.54, 1.807) is 7.11 Å². The van der Waals surface area contributed by atoms with Gasteiger partial charge in [-0.25, -0.2) is 4.99 Å². The van der Waals surface area contributed by atoms with Gasteiger partial charge in [-0.3, -0.25) is 9.59 Å². The van der Waals surface area contributed by atoms with Gasteiger partial charge in [-0.2, -0.15) is 0 Å². The number of methoxy groups -OCH3 is 1. The van der Waals surface area contributed by atoms with E-state index in [0.29, 0.717) is 10.8 Å². The Balaban J connectivity index is 1.45. The first-order valence-electron chi connectivity index (χ1n) is 8.85. The molecule has 0 aromatic heterocycles. The lowest BCUT2D eigenvalue weighted by Gasteiger charge is -2.11. The molecular formula is C22H18N2O3S. The van der Waals surface area contributed by atoms with Crippen molar-refractivity contribution in [1.29, 1.82) is 0 Å². The fraction of sp³-hybridized carbons (Fsp3) is 0.136. The summed E-state index contributed by atoms with van der Waals surface area (Å²) in [5, 5.41) is 5.05. The van der Waals surface area contributed by atoms with Crippen LogP contribution in [0.25, 0.3) is 10.8 Å². The van der Waals surface area contributed by atoms with Crippen LogP contribution in [0.5, 0.6) is 5.75 Å². The number of nitrogens with one attached hydrogen (secondary N) is 1. The third-order valence-corrected chi connectivity index (χ3v) is 5.70. The highest BCUT2D eigenvalue weighted by Gasteiger charge is 2.31. The molecule has 1 atom stereocenters. The molecule has 1 N–H and O–H groups in total. The number of fused-ring (bicyclic) bond motifs is 1. The molecule has 1 heterocycles. The maximum absolute atomic E-state index is 12.6. The Labute approximate surface area is 166 Å². The Kier molecular flexibility index (Phi) is 5.12. The van der Waals surface area contributed by atoms with Gasteiger partial charge in [0.05, 0.1) is 7.11 Å². The van der Waals surface area contributed by atoms with Gasteiger partial charge in [-0.15, -0.1) is 0 Å². The van der Waals surface area contributed by atoms with E-state index in [9.17, 15) is 9.59 Å². The number of carbonyl (C=O) groups excluding carboxylic acids is 2. The fourth-order valence-electron chi connectivity index (χ4n) is 3.11. The molecule has 0 saturated heterocycles. The van der Waals surface area contributed by atoms with E-state index < -0.39 is 5.25 Å². The maximum Gasteiger partial charge on any atom is 0.260 e. The zero-order valence-electron chi connectivity index (χ0n) is 15.2. The van der Waals surface area contributed by atoms with Crippen LogP contribution >= 0.6 is 11.8 Å². The summed E-state index contributed by atoms with van der Waals surface area (Å²) in [6.45, 7) is 0. The van der Waals surface area contributed by atoms with Gasteiger partial charge in [0, 0.05) is 23.1 Å². The molecule has 2 amide bonds. The monoisotopic (exact) mass is 390 g/mol. The highest BCUT2D eigenvalue weighted by atomic mass is 32.2. The summed E-state index contributed by atoms with van der Waals surface area (Å²) in [6.07, 6.45) is 0.0731. The van der Waals surface area contributed by atoms with Crippen molar-refractivity contribution in [3.63, 3.8) is 0 Å². The SMILES string of the molecule is COc1cccc(C2=NC(=O)[C@@H](CC(=O)Nc3cccc4ccccc34)S2)c1. The molecule has 4 rings (SSSR count). The highest BCUT2D eigenvalue weighted by molar-refractivity contribution is 8.16. The fourth-order valence-corrected chi connectivity index (χ4v) is 4.17. The molecule has 0 saturated carbocycles. The zero-order chi connectivity index (χ0) is 19.5. The minimum atomic E-state index is -0.517. The number of anilines is 1. The number of rotatable bonds is 5. The minimum absolute atomic E-state index is 0.0731. The van der Waals surface area contributed by atoms with Gasteiger partial charge >= 0.3 is 0 Å². The molecule has 140 valence electrons. The maximum atomic E-state index is 12.6. The largest absolute Gasteiger partial charge is 0.497 e. The number of aliphatic imine (C=N–C) groups is 1. The summed E-state index contributed by atoms with van der Waals surface area (Å²) in [6, 6.07) is 21.0. The Morgan fingerprint density at radius 1 is 1.11 bits per heavy atom. The Morgan fingerprint density at radius 2 is 1.89 bits per heavy atom. The molecule has 0 aliphatic carbocycles. The van der Waals surface area contributed by atoms with Gasteiger partial charge in [-0.05, 0) is 23.6 Å². The summed E-state index contributed by atoms with van der Waals surface area (Å²) in [5.74, 6) is 0.214. The molecule has 28 heavy (non-hydrogen) atoms. The number of hydrogen-bond acceptors (Lipinski definition) is 4. The number of thioether (sulfide) groups is 1. The van der Waals surface area contributed by atoms with Gasteiger partial charge in [-0.1, -0.05) is 60.3 Å². The van der Waals surface area contributed by atoms with Crippen LogP contribution in [0.1, 0.15) is 12.0 Å². The lowest BCUT2D eigenvalue weighted by atomic mass is 10.1. The van der Waals surface area contributed by atoms with E-state index in [1.165, 1.54) is 11.8 Å². The Morgan fingerprint density at radius 3 is 2.75 bits per heavy atom. The minimum Gasteiger partial charge on any atom is -0.497 e. The standard InChI is InChI=1S/C22H18N2O3S/c1-27-16-9-4-8-15(12-16)22-24-21(26)19(28-22)13-20(25)23-18-11-5-7-14-6-2-3-10-17(14)18/h2-12,19H,13H2,1H3,(H,23,25)/t19-/m1/s1. The Hall–Kier alpha value is -3.12. The van der Waals surface area contributed by atoms with Gasteiger partial charge in [0.1, 0.15) is 16.0 Å². The quantitative estimate of drug-likeness (QED) is 0.707. The van der Waals surface area contributed by atoms with Crippen LogP contribution in [-0.4, -0.2) is 29.2 Å². The topological polar surface area (TPSA) is 67.8 Å². The number of hydrogen-bond donors (Lipinski definition) is 1. The molecular weight excluding hydrogens is 372 g/mol. The third-order valence-electron chi connectivity index (χ3n) is 4.49. The van der Waals surface area contributed by atoms with Crippen molar-refractivity contribution in [2.45, 2.75) is 11.7 Å². The van der Waals surface area contributed by atoms with E-state index in [-0.39, 0.29) is 18.2 Å². The van der Waals surface area contributed by atoms with Crippen LogP contribution < -0.4 is 10.1 Å². The number of ether oxygens (including phenoxy) is 1. The first kappa shape index (κ1) is 18.3. The summed E-state index contributed by atoms with van der Waals surface area (Å²) >= 11 is 1.32. The van der Waals surface area contributed by atoms with E-state index in [4.69, 9.17) is 4.74 Å². The van der Waals surface area contributed by atoms with Crippen LogP contribution in [0.2, 0.25) is 0 Å². The molecule has 0 bridgehead atoms.